The Balaban J connectivity index is 1.62. The summed E-state index contributed by atoms with van der Waals surface area (Å²) < 4.78 is 5.30. The molecule has 1 unspecified atom stereocenters. The number of hydrazine groups is 1. The Kier molecular flexibility index (Phi) is 5.18. The van der Waals surface area contributed by atoms with Gasteiger partial charge in [-0.3, -0.25) is 24.7 Å². The van der Waals surface area contributed by atoms with E-state index in [0.29, 0.717) is 37.4 Å². The lowest BCUT2D eigenvalue weighted by molar-refractivity contribution is -0.132. The lowest BCUT2D eigenvalue weighted by Crippen LogP contribution is -2.56. The van der Waals surface area contributed by atoms with Crippen molar-refractivity contribution in [2.24, 2.45) is 0 Å². The number of fused-ring (bicyclic) bond motifs is 1. The number of rotatable bonds is 5. The molecule has 1 fully saturated rings. The van der Waals surface area contributed by atoms with Crippen molar-refractivity contribution in [2.75, 3.05) is 26.3 Å². The molecule has 0 saturated carbocycles. The molecular formula is C21H21N3O4. The first-order valence-electron chi connectivity index (χ1n) is 9.29. The second-order valence-corrected chi connectivity index (χ2v) is 6.81. The molecule has 1 saturated heterocycles. The van der Waals surface area contributed by atoms with Gasteiger partial charge in [0.05, 0.1) is 24.3 Å². The third kappa shape index (κ3) is 3.54. The molecule has 2 aliphatic heterocycles. The number of carbonyl (C=O) groups excluding carboxylic acids is 3. The van der Waals surface area contributed by atoms with Gasteiger partial charge in [0.1, 0.15) is 6.04 Å². The van der Waals surface area contributed by atoms with E-state index in [4.69, 9.17) is 4.74 Å². The van der Waals surface area contributed by atoms with E-state index in [-0.39, 0.29) is 12.3 Å². The van der Waals surface area contributed by atoms with Crippen molar-refractivity contribution in [1.82, 2.24) is 15.3 Å². The molecule has 144 valence electrons. The molecule has 0 aliphatic carbocycles. The second kappa shape index (κ2) is 7.92. The molecule has 2 aliphatic rings. The molecule has 2 aromatic carbocycles. The number of nitrogens with one attached hydrogen (secondary N) is 1. The number of nitrogens with zero attached hydrogens (tertiary/aromatic N) is 2. The van der Waals surface area contributed by atoms with Gasteiger partial charge in [0.2, 0.25) is 0 Å². The fourth-order valence-corrected chi connectivity index (χ4v) is 3.54. The van der Waals surface area contributed by atoms with Crippen LogP contribution >= 0.6 is 0 Å². The van der Waals surface area contributed by atoms with Crippen LogP contribution in [-0.4, -0.2) is 60.0 Å². The quantitative estimate of drug-likeness (QED) is 0.792. The van der Waals surface area contributed by atoms with Gasteiger partial charge in [-0.25, -0.2) is 5.01 Å². The van der Waals surface area contributed by atoms with E-state index in [1.54, 1.807) is 29.3 Å². The minimum absolute atomic E-state index is 0.252. The maximum Gasteiger partial charge on any atom is 0.262 e. The van der Waals surface area contributed by atoms with Crippen LogP contribution in [-0.2, 0) is 16.0 Å². The fourth-order valence-electron chi connectivity index (χ4n) is 3.54. The third-order valence-corrected chi connectivity index (χ3v) is 4.99. The first kappa shape index (κ1) is 18.3. The largest absolute Gasteiger partial charge is 0.379 e. The maximum absolute atomic E-state index is 13.1. The van der Waals surface area contributed by atoms with Gasteiger partial charge in [-0.05, 0) is 17.7 Å². The Morgan fingerprint density at radius 2 is 1.50 bits per heavy atom. The number of hydrogen-bond donors (Lipinski definition) is 1. The van der Waals surface area contributed by atoms with Crippen molar-refractivity contribution < 1.29 is 19.1 Å². The number of morpholine rings is 1. The Bertz CT molecular complexity index is 859. The van der Waals surface area contributed by atoms with Crippen molar-refractivity contribution in [3.05, 3.63) is 71.3 Å². The van der Waals surface area contributed by atoms with Crippen LogP contribution in [0.4, 0.5) is 0 Å². The van der Waals surface area contributed by atoms with Crippen molar-refractivity contribution in [1.29, 1.82) is 0 Å². The highest BCUT2D eigenvalue weighted by atomic mass is 16.5. The topological polar surface area (TPSA) is 79.0 Å². The van der Waals surface area contributed by atoms with Gasteiger partial charge in [-0.2, -0.15) is 0 Å². The van der Waals surface area contributed by atoms with Gasteiger partial charge in [0.25, 0.3) is 17.7 Å². The highest BCUT2D eigenvalue weighted by molar-refractivity contribution is 6.22. The summed E-state index contributed by atoms with van der Waals surface area (Å²) >= 11 is 0. The predicted octanol–water partition coefficient (Wildman–Crippen LogP) is 1.26. The van der Waals surface area contributed by atoms with Gasteiger partial charge < -0.3 is 4.74 Å². The molecular weight excluding hydrogens is 358 g/mol. The minimum Gasteiger partial charge on any atom is -0.379 e. The number of benzene rings is 2. The second-order valence-electron chi connectivity index (χ2n) is 6.81. The van der Waals surface area contributed by atoms with Crippen LogP contribution in [0.2, 0.25) is 0 Å². The molecule has 0 radical (unpaired) electrons. The molecule has 7 nitrogen and oxygen atoms in total. The van der Waals surface area contributed by atoms with Crippen LogP contribution in [0.1, 0.15) is 26.3 Å². The van der Waals surface area contributed by atoms with Crippen molar-refractivity contribution in [3.8, 4) is 0 Å². The lowest BCUT2D eigenvalue weighted by Gasteiger charge is -2.31. The predicted molar refractivity (Wildman–Crippen MR) is 101 cm³/mol. The molecule has 4 rings (SSSR count). The smallest absolute Gasteiger partial charge is 0.262 e. The normalized spacial score (nSPS) is 18.1. The molecule has 7 heteroatoms. The zero-order chi connectivity index (χ0) is 19.5. The Hall–Kier alpha value is -3.03. The van der Waals surface area contributed by atoms with Crippen molar-refractivity contribution in [2.45, 2.75) is 12.5 Å². The number of ether oxygens (including phenoxy) is 1. The van der Waals surface area contributed by atoms with E-state index < -0.39 is 17.9 Å². The fraction of sp³-hybridized carbons (Fsp3) is 0.286. The standard InChI is InChI=1S/C21H21N3O4/c25-19(22-23-10-12-28-13-11-23)18(14-15-6-2-1-3-7-15)24-20(26)16-8-4-5-9-17(16)21(24)27/h1-9,18H,10-14H2,(H,22,25). The van der Waals surface area contributed by atoms with Crippen LogP contribution < -0.4 is 5.43 Å². The average molecular weight is 379 g/mol. The van der Waals surface area contributed by atoms with E-state index in [1.165, 1.54) is 0 Å². The van der Waals surface area contributed by atoms with E-state index in [9.17, 15) is 14.4 Å². The first-order valence-corrected chi connectivity index (χ1v) is 9.29. The average Bonchev–Trinajstić information content (AvgIpc) is 2.98. The highest BCUT2D eigenvalue weighted by Crippen LogP contribution is 2.26. The summed E-state index contributed by atoms with van der Waals surface area (Å²) in [6.07, 6.45) is 0.252. The summed E-state index contributed by atoms with van der Waals surface area (Å²) in [6.45, 7) is 2.17. The van der Waals surface area contributed by atoms with Crippen LogP contribution in [0.15, 0.2) is 54.6 Å². The van der Waals surface area contributed by atoms with E-state index in [1.807, 2.05) is 30.3 Å². The maximum atomic E-state index is 13.1. The van der Waals surface area contributed by atoms with Crippen LogP contribution in [0.5, 0.6) is 0 Å². The molecule has 1 N–H and O–H groups in total. The number of carbonyl (C=O) groups is 3. The molecule has 0 aromatic heterocycles. The summed E-state index contributed by atoms with van der Waals surface area (Å²) in [5.74, 6) is -1.24. The Labute approximate surface area is 162 Å². The molecule has 1 atom stereocenters. The number of imide groups is 1. The minimum atomic E-state index is -0.933. The van der Waals surface area contributed by atoms with Crippen molar-refractivity contribution >= 4 is 17.7 Å². The van der Waals surface area contributed by atoms with Gasteiger partial charge in [-0.1, -0.05) is 42.5 Å². The highest BCUT2D eigenvalue weighted by Gasteiger charge is 2.43. The number of amides is 3. The number of hydrogen-bond acceptors (Lipinski definition) is 5. The molecule has 0 bridgehead atoms. The van der Waals surface area contributed by atoms with E-state index in [2.05, 4.69) is 5.43 Å². The molecule has 3 amide bonds. The van der Waals surface area contributed by atoms with Crippen LogP contribution in [0.3, 0.4) is 0 Å². The molecule has 28 heavy (non-hydrogen) atoms. The lowest BCUT2D eigenvalue weighted by atomic mass is 10.0. The Morgan fingerprint density at radius 3 is 2.11 bits per heavy atom. The van der Waals surface area contributed by atoms with E-state index in [0.717, 1.165) is 10.5 Å². The van der Waals surface area contributed by atoms with E-state index >= 15 is 0 Å². The Morgan fingerprint density at radius 1 is 0.929 bits per heavy atom. The summed E-state index contributed by atoms with van der Waals surface area (Å²) in [6, 6.07) is 15.1. The van der Waals surface area contributed by atoms with Gasteiger partial charge in [-0.15, -0.1) is 0 Å². The first-order chi connectivity index (χ1) is 13.6. The molecule has 0 spiro atoms. The van der Waals surface area contributed by atoms with Gasteiger partial charge >= 0.3 is 0 Å². The summed E-state index contributed by atoms with van der Waals surface area (Å²) in [5, 5.41) is 1.77. The third-order valence-electron chi connectivity index (χ3n) is 4.99. The summed E-state index contributed by atoms with van der Waals surface area (Å²) in [5.41, 5.74) is 4.40. The zero-order valence-electron chi connectivity index (χ0n) is 15.3. The van der Waals surface area contributed by atoms with Crippen LogP contribution in [0, 0.1) is 0 Å². The SMILES string of the molecule is O=C(NN1CCOCC1)C(Cc1ccccc1)N1C(=O)c2ccccc2C1=O. The molecule has 2 aromatic rings. The van der Waals surface area contributed by atoms with Crippen LogP contribution in [0.25, 0.3) is 0 Å². The van der Waals surface area contributed by atoms with Crippen molar-refractivity contribution in [3.63, 3.8) is 0 Å². The summed E-state index contributed by atoms with van der Waals surface area (Å²) in [7, 11) is 0. The van der Waals surface area contributed by atoms with Gasteiger partial charge in [0, 0.05) is 19.5 Å². The summed E-state index contributed by atoms with van der Waals surface area (Å²) in [4.78, 5) is 40.0. The monoisotopic (exact) mass is 379 g/mol. The molecule has 2 heterocycles. The van der Waals surface area contributed by atoms with Gasteiger partial charge in [0.15, 0.2) is 0 Å². The zero-order valence-corrected chi connectivity index (χ0v) is 15.3.